The number of H-pyrrole nitrogens is 1. The van der Waals surface area contributed by atoms with Gasteiger partial charge in [-0.25, -0.2) is 14.6 Å². The maximum atomic E-state index is 13.3. The molecule has 11 heteroatoms. The fourth-order valence-electron chi connectivity index (χ4n) is 9.10. The van der Waals surface area contributed by atoms with Gasteiger partial charge in [0.15, 0.2) is 0 Å². The van der Waals surface area contributed by atoms with Crippen LogP contribution in [-0.2, 0) is 28.1 Å². The molecule has 2 fully saturated rings. The van der Waals surface area contributed by atoms with Gasteiger partial charge in [-0.3, -0.25) is 14.8 Å². The number of nitrogens with zero attached hydrogens (tertiary/aromatic N) is 4. The predicted molar refractivity (Wildman–Crippen MR) is 226 cm³/mol. The lowest BCUT2D eigenvalue weighted by atomic mass is 9.83. The number of imidazole rings is 1. The monoisotopic (exact) mass is 791 g/mol. The number of carbonyl (C=O) groups is 2. The quantitative estimate of drug-likeness (QED) is 0.279. The number of aromatic amines is 1. The van der Waals surface area contributed by atoms with E-state index >= 15 is 0 Å². The van der Waals surface area contributed by atoms with Crippen LogP contribution in [0.3, 0.4) is 0 Å². The van der Waals surface area contributed by atoms with Crippen LogP contribution in [0, 0.1) is 5.41 Å². The molecule has 2 amide bonds. The van der Waals surface area contributed by atoms with Crippen LogP contribution in [0.2, 0.25) is 0 Å². The number of aromatic nitrogens is 2. The highest BCUT2D eigenvalue weighted by Gasteiger charge is 2.41. The molecule has 5 aliphatic rings. The number of ether oxygens (including phenoxy) is 4. The summed E-state index contributed by atoms with van der Waals surface area (Å²) >= 11 is 0. The van der Waals surface area contributed by atoms with Gasteiger partial charge in [-0.15, -0.1) is 0 Å². The van der Waals surface area contributed by atoms with Crippen LogP contribution in [0.15, 0.2) is 35.0 Å². The number of allylic oxidation sites excluding steroid dienone is 2. The lowest BCUT2D eigenvalue weighted by molar-refractivity contribution is 0.0216. The summed E-state index contributed by atoms with van der Waals surface area (Å²) < 4.78 is 24.9. The Hall–Kier alpha value is -4.80. The van der Waals surface area contributed by atoms with Gasteiger partial charge in [0, 0.05) is 75.3 Å². The van der Waals surface area contributed by atoms with Crippen LogP contribution in [0.1, 0.15) is 149 Å². The second kappa shape index (κ2) is 13.9. The molecule has 0 radical (unpaired) electrons. The third-order valence-electron chi connectivity index (χ3n) is 11.5. The van der Waals surface area contributed by atoms with Crippen LogP contribution in [0.5, 0.6) is 11.5 Å². The predicted octanol–water partition coefficient (Wildman–Crippen LogP) is 10.9. The van der Waals surface area contributed by atoms with Gasteiger partial charge >= 0.3 is 12.2 Å². The molecule has 1 aromatic heterocycles. The highest BCUT2D eigenvalue weighted by Crippen LogP contribution is 2.52. The minimum absolute atomic E-state index is 0.0876. The number of benzene rings is 2. The van der Waals surface area contributed by atoms with E-state index < -0.39 is 11.2 Å². The number of carbonyl (C=O) groups excluding carboxylic acids is 2. The summed E-state index contributed by atoms with van der Waals surface area (Å²) in [5.41, 5.74) is 9.85. The maximum Gasteiger partial charge on any atom is 0.410 e. The Bertz CT molecular complexity index is 2190. The van der Waals surface area contributed by atoms with Crippen LogP contribution < -0.4 is 9.47 Å². The molecular weight excluding hydrogens is 731 g/mol. The fraction of sp³-hybridized carbons (Fsp3) is 0.574. The molecule has 58 heavy (non-hydrogen) atoms. The molecule has 1 N–H and O–H groups in total. The fourth-order valence-corrected chi connectivity index (χ4v) is 9.10. The summed E-state index contributed by atoms with van der Waals surface area (Å²) in [4.78, 5) is 44.4. The molecular formula is C47H61N5O6. The van der Waals surface area contributed by atoms with Gasteiger partial charge in [0.05, 0.1) is 17.8 Å². The average molecular weight is 792 g/mol. The summed E-state index contributed by atoms with van der Waals surface area (Å²) in [7, 11) is 0. The second-order valence-electron chi connectivity index (χ2n) is 20.7. The Morgan fingerprint density at radius 2 is 1.22 bits per heavy atom. The molecule has 6 heterocycles. The lowest BCUT2D eigenvalue weighted by Crippen LogP contribution is -2.43. The summed E-state index contributed by atoms with van der Waals surface area (Å²) in [5, 5.41) is 0. The minimum atomic E-state index is -0.578. The SMILES string of the molecule is CC(C)(C)OC(=O)N1CCC[C@H]1C1=NC(C(C)(C)C)=C(c2cc3c4c(c2)OCc2cc(-c5nc([C@@H]6CCCN6C(=O)OC(C)(C)C)[nH]c5C(C)(C)C)cc(c2-4)OC3)C1. The number of hydrogen-bond donors (Lipinski definition) is 1. The molecule has 0 bridgehead atoms. The van der Waals surface area contributed by atoms with Gasteiger partial charge in [-0.05, 0) is 103 Å². The van der Waals surface area contributed by atoms with Crippen molar-refractivity contribution >= 4 is 23.5 Å². The first-order valence-corrected chi connectivity index (χ1v) is 21.1. The molecule has 5 aliphatic heterocycles. The molecule has 2 atom stereocenters. The zero-order valence-electron chi connectivity index (χ0n) is 36.6. The van der Waals surface area contributed by atoms with Crippen LogP contribution in [0.4, 0.5) is 9.59 Å². The molecule has 2 aromatic carbocycles. The smallest absolute Gasteiger partial charge is 0.410 e. The first-order valence-electron chi connectivity index (χ1n) is 21.1. The molecule has 3 aromatic rings. The number of aliphatic imine (C=N–C) groups is 1. The maximum absolute atomic E-state index is 13.3. The van der Waals surface area contributed by atoms with E-state index in [1.165, 1.54) is 5.57 Å². The lowest BCUT2D eigenvalue weighted by Gasteiger charge is -2.31. The van der Waals surface area contributed by atoms with Crippen molar-refractivity contribution in [2.24, 2.45) is 10.4 Å². The van der Waals surface area contributed by atoms with Crippen molar-refractivity contribution in [2.45, 2.75) is 157 Å². The van der Waals surface area contributed by atoms with E-state index in [1.807, 2.05) is 51.3 Å². The number of hydrogen-bond acceptors (Lipinski definition) is 8. The van der Waals surface area contributed by atoms with Crippen molar-refractivity contribution < 1.29 is 28.5 Å². The van der Waals surface area contributed by atoms with E-state index in [-0.39, 0.29) is 35.1 Å². The first kappa shape index (κ1) is 40.0. The zero-order valence-corrected chi connectivity index (χ0v) is 36.6. The van der Waals surface area contributed by atoms with Gasteiger partial charge in [0.25, 0.3) is 0 Å². The molecule has 0 unspecified atom stereocenters. The van der Waals surface area contributed by atoms with Gasteiger partial charge in [-0.2, -0.15) is 0 Å². The standard InChI is InChI=1S/C47H61N5O6/c1-44(2,3)39-30(23-31(48-39)32-15-13-17-51(32)42(53)57-46(7,8)9)26-19-28-24-56-35-22-27(20-29-25-55-34(21-26)36(28)37(29)35)38-40(45(4,5)6)50-41(49-38)33-16-14-18-52(33)43(54)58-47(10,11)12/h19-22,32-33H,13-18,23-25H2,1-12H3,(H,49,50)/t32-,33-/m0/s1. The summed E-state index contributed by atoms with van der Waals surface area (Å²) in [6, 6.07) is 8.47. The number of rotatable bonds is 4. The molecule has 0 saturated carbocycles. The van der Waals surface area contributed by atoms with Crippen LogP contribution in [-0.4, -0.2) is 68.0 Å². The Kier molecular flexibility index (Phi) is 9.59. The third-order valence-corrected chi connectivity index (χ3v) is 11.5. The molecule has 0 aliphatic carbocycles. The minimum Gasteiger partial charge on any atom is -0.488 e. The Morgan fingerprint density at radius 3 is 1.76 bits per heavy atom. The van der Waals surface area contributed by atoms with E-state index in [4.69, 9.17) is 28.9 Å². The van der Waals surface area contributed by atoms with E-state index in [2.05, 4.69) is 70.8 Å². The van der Waals surface area contributed by atoms with Crippen molar-refractivity contribution in [1.82, 2.24) is 19.8 Å². The summed E-state index contributed by atoms with van der Waals surface area (Å²) in [6.07, 6.45) is 3.59. The Morgan fingerprint density at radius 1 is 0.707 bits per heavy atom. The van der Waals surface area contributed by atoms with Gasteiger partial charge in [0.1, 0.15) is 41.7 Å². The molecule has 2 saturated heterocycles. The van der Waals surface area contributed by atoms with Gasteiger partial charge in [-0.1, -0.05) is 41.5 Å². The van der Waals surface area contributed by atoms with Crippen LogP contribution >= 0.6 is 0 Å². The second-order valence-corrected chi connectivity index (χ2v) is 20.7. The van der Waals surface area contributed by atoms with Crippen LogP contribution in [0.25, 0.3) is 28.0 Å². The molecule has 0 spiro atoms. The van der Waals surface area contributed by atoms with Gasteiger partial charge < -0.3 is 23.9 Å². The first-order chi connectivity index (χ1) is 27.1. The summed E-state index contributed by atoms with van der Waals surface area (Å²) in [5.74, 6) is 2.45. The highest BCUT2D eigenvalue weighted by molar-refractivity contribution is 6.05. The van der Waals surface area contributed by atoms with Crippen molar-refractivity contribution in [3.63, 3.8) is 0 Å². The normalized spacial score (nSPS) is 20.5. The average Bonchev–Trinajstić information content (AvgIpc) is 3.93. The Labute approximate surface area is 343 Å². The zero-order chi connectivity index (χ0) is 41.7. The molecule has 11 nitrogen and oxygen atoms in total. The van der Waals surface area contributed by atoms with E-state index in [1.54, 1.807) is 0 Å². The molecule has 8 rings (SSSR count). The largest absolute Gasteiger partial charge is 0.488 e. The van der Waals surface area contributed by atoms with Crippen molar-refractivity contribution in [3.05, 3.63) is 58.2 Å². The van der Waals surface area contributed by atoms with E-state index in [9.17, 15) is 9.59 Å². The van der Waals surface area contributed by atoms with Crippen molar-refractivity contribution in [3.8, 4) is 33.9 Å². The topological polar surface area (TPSA) is 119 Å². The van der Waals surface area contributed by atoms with Crippen molar-refractivity contribution in [2.75, 3.05) is 13.1 Å². The number of likely N-dealkylation sites (tertiary alicyclic amines) is 2. The summed E-state index contributed by atoms with van der Waals surface area (Å²) in [6.45, 7) is 26.7. The highest BCUT2D eigenvalue weighted by atomic mass is 16.6. The molecule has 310 valence electrons. The van der Waals surface area contributed by atoms with Gasteiger partial charge in [0.2, 0.25) is 0 Å². The third kappa shape index (κ3) is 7.50. The van der Waals surface area contributed by atoms with Crippen molar-refractivity contribution in [1.29, 1.82) is 0 Å². The van der Waals surface area contributed by atoms with E-state index in [0.29, 0.717) is 32.7 Å². The number of nitrogens with one attached hydrogen (secondary N) is 1. The number of amides is 2. The Balaban J connectivity index is 1.12. The van der Waals surface area contributed by atoms with E-state index in [0.717, 1.165) is 99.2 Å².